The van der Waals surface area contributed by atoms with Crippen LogP contribution in [-0.2, 0) is 4.79 Å². The van der Waals surface area contributed by atoms with Crippen LogP contribution >= 0.6 is 11.6 Å². The summed E-state index contributed by atoms with van der Waals surface area (Å²) >= 11 is 5.78. The third-order valence-electron chi connectivity index (χ3n) is 4.34. The number of carbonyl (C=O) groups excluding carboxylic acids is 1. The van der Waals surface area contributed by atoms with Crippen molar-refractivity contribution in [3.05, 3.63) is 93.3 Å². The number of anilines is 1. The van der Waals surface area contributed by atoms with E-state index in [2.05, 4.69) is 10.3 Å². The van der Waals surface area contributed by atoms with Crippen LogP contribution in [0.15, 0.2) is 71.2 Å². The van der Waals surface area contributed by atoms with Crippen molar-refractivity contribution < 1.29 is 18.5 Å². The van der Waals surface area contributed by atoms with Crippen LogP contribution in [0.1, 0.15) is 5.56 Å². The van der Waals surface area contributed by atoms with Gasteiger partial charge in [0.15, 0.2) is 5.58 Å². The third kappa shape index (κ3) is 4.59. The van der Waals surface area contributed by atoms with Gasteiger partial charge >= 0.3 is 0 Å². The summed E-state index contributed by atoms with van der Waals surface area (Å²) in [6.45, 7) is 0. The molecule has 0 saturated carbocycles. The maximum Gasteiger partial charge on any atom is 0.288 e. The molecule has 0 aliphatic carbocycles. The van der Waals surface area contributed by atoms with E-state index in [4.69, 9.17) is 16.0 Å². The van der Waals surface area contributed by atoms with E-state index in [-0.39, 0.29) is 16.5 Å². The SMILES string of the molecule is O=C(/C=C/c1ccc(Cl)c([N+](=O)[O-])c1)Nc1ccc2oc(-c3ccc(F)cc3)nc2c1. The van der Waals surface area contributed by atoms with Gasteiger partial charge in [0.1, 0.15) is 16.4 Å². The highest BCUT2D eigenvalue weighted by Crippen LogP contribution is 2.27. The standard InChI is InChI=1S/C22H13ClFN3O4/c23-17-8-1-13(11-19(17)27(29)30)2-10-21(28)25-16-7-9-20-18(12-16)26-22(31-20)14-3-5-15(24)6-4-14/h1-12H,(H,25,28)/b10-2+. The monoisotopic (exact) mass is 437 g/mol. The summed E-state index contributed by atoms with van der Waals surface area (Å²) < 4.78 is 18.8. The van der Waals surface area contributed by atoms with E-state index in [1.54, 1.807) is 36.4 Å². The Kier molecular flexibility index (Phi) is 5.46. The molecule has 7 nitrogen and oxygen atoms in total. The maximum absolute atomic E-state index is 13.1. The van der Waals surface area contributed by atoms with Crippen molar-refractivity contribution in [1.82, 2.24) is 4.98 Å². The van der Waals surface area contributed by atoms with Crippen molar-refractivity contribution in [2.24, 2.45) is 0 Å². The second-order valence-corrected chi connectivity index (χ2v) is 6.91. The van der Waals surface area contributed by atoms with Crippen LogP contribution in [0.2, 0.25) is 5.02 Å². The normalized spacial score (nSPS) is 11.2. The average molecular weight is 438 g/mol. The molecule has 31 heavy (non-hydrogen) atoms. The van der Waals surface area contributed by atoms with Crippen molar-refractivity contribution in [3.63, 3.8) is 0 Å². The zero-order chi connectivity index (χ0) is 22.0. The van der Waals surface area contributed by atoms with Gasteiger partial charge in [0.2, 0.25) is 11.8 Å². The molecule has 4 rings (SSSR count). The number of hydrogen-bond donors (Lipinski definition) is 1. The number of nitrogens with one attached hydrogen (secondary N) is 1. The van der Waals surface area contributed by atoms with Gasteiger partial charge in [-0.1, -0.05) is 17.7 Å². The molecule has 0 unspecified atom stereocenters. The van der Waals surface area contributed by atoms with Gasteiger partial charge in [-0.25, -0.2) is 9.37 Å². The highest BCUT2D eigenvalue weighted by atomic mass is 35.5. The number of nitro benzene ring substituents is 1. The van der Waals surface area contributed by atoms with E-state index < -0.39 is 10.8 Å². The largest absolute Gasteiger partial charge is 0.436 e. The number of hydrogen-bond acceptors (Lipinski definition) is 5. The van der Waals surface area contributed by atoms with Crippen LogP contribution in [0.4, 0.5) is 15.8 Å². The van der Waals surface area contributed by atoms with E-state index in [1.165, 1.54) is 36.4 Å². The minimum Gasteiger partial charge on any atom is -0.436 e. The van der Waals surface area contributed by atoms with Gasteiger partial charge in [0.25, 0.3) is 5.69 Å². The van der Waals surface area contributed by atoms with Gasteiger partial charge < -0.3 is 9.73 Å². The minimum atomic E-state index is -0.590. The quantitative estimate of drug-likeness (QED) is 0.240. The number of benzene rings is 3. The molecule has 0 radical (unpaired) electrons. The van der Waals surface area contributed by atoms with Crippen LogP contribution in [0.25, 0.3) is 28.6 Å². The Labute approximate surface area is 179 Å². The van der Waals surface area contributed by atoms with E-state index >= 15 is 0 Å². The number of fused-ring (bicyclic) bond motifs is 1. The van der Waals surface area contributed by atoms with Crippen LogP contribution in [0.3, 0.4) is 0 Å². The molecule has 0 bridgehead atoms. The first-order chi connectivity index (χ1) is 14.9. The van der Waals surface area contributed by atoms with Gasteiger partial charge in [0.05, 0.1) is 4.92 Å². The molecule has 0 spiro atoms. The zero-order valence-corrected chi connectivity index (χ0v) is 16.5. The van der Waals surface area contributed by atoms with Crippen molar-refractivity contribution in [3.8, 4) is 11.5 Å². The van der Waals surface area contributed by atoms with Crippen molar-refractivity contribution >= 4 is 46.1 Å². The van der Waals surface area contributed by atoms with Crippen molar-refractivity contribution in [1.29, 1.82) is 0 Å². The van der Waals surface area contributed by atoms with Gasteiger partial charge in [-0.05, 0) is 60.2 Å². The fraction of sp³-hybridized carbons (Fsp3) is 0. The molecule has 1 heterocycles. The van der Waals surface area contributed by atoms with E-state index in [0.717, 1.165) is 0 Å². The first kappa shape index (κ1) is 20.2. The summed E-state index contributed by atoms with van der Waals surface area (Å²) in [5.41, 5.74) is 2.38. The average Bonchev–Trinajstić information content (AvgIpc) is 3.17. The topological polar surface area (TPSA) is 98.3 Å². The number of amides is 1. The molecule has 9 heteroatoms. The highest BCUT2D eigenvalue weighted by Gasteiger charge is 2.12. The van der Waals surface area contributed by atoms with Gasteiger partial charge in [0, 0.05) is 23.4 Å². The number of halogens is 2. The predicted molar refractivity (Wildman–Crippen MR) is 115 cm³/mol. The number of carbonyl (C=O) groups is 1. The van der Waals surface area contributed by atoms with E-state index in [1.807, 2.05) is 0 Å². The lowest BCUT2D eigenvalue weighted by atomic mass is 10.2. The summed E-state index contributed by atoms with van der Waals surface area (Å²) in [5.74, 6) is -0.451. The van der Waals surface area contributed by atoms with E-state index in [0.29, 0.717) is 33.8 Å². The molecule has 1 amide bonds. The second-order valence-electron chi connectivity index (χ2n) is 6.50. The molecular formula is C22H13ClFN3O4. The predicted octanol–water partition coefficient (Wildman–Crippen LogP) is 5.85. The Morgan fingerprint density at radius 2 is 1.90 bits per heavy atom. The molecule has 0 fully saturated rings. The Hall–Kier alpha value is -4.04. The zero-order valence-electron chi connectivity index (χ0n) is 15.7. The molecule has 0 atom stereocenters. The van der Waals surface area contributed by atoms with Crippen LogP contribution in [0, 0.1) is 15.9 Å². The van der Waals surface area contributed by atoms with Crippen LogP contribution < -0.4 is 5.32 Å². The summed E-state index contributed by atoms with van der Waals surface area (Å²) in [4.78, 5) is 27.0. The maximum atomic E-state index is 13.1. The van der Waals surface area contributed by atoms with Crippen LogP contribution in [-0.4, -0.2) is 15.8 Å². The summed E-state index contributed by atoms with van der Waals surface area (Å²) in [6, 6.07) is 15.0. The third-order valence-corrected chi connectivity index (χ3v) is 4.66. The first-order valence-corrected chi connectivity index (χ1v) is 9.36. The molecule has 1 aromatic heterocycles. The molecule has 1 N–H and O–H groups in total. The highest BCUT2D eigenvalue weighted by molar-refractivity contribution is 6.32. The van der Waals surface area contributed by atoms with Crippen molar-refractivity contribution in [2.75, 3.05) is 5.32 Å². The number of aromatic nitrogens is 1. The summed E-state index contributed by atoms with van der Waals surface area (Å²) in [6.07, 6.45) is 2.70. The fourth-order valence-electron chi connectivity index (χ4n) is 2.85. The van der Waals surface area contributed by atoms with Gasteiger partial charge in [-0.2, -0.15) is 0 Å². The molecule has 4 aromatic rings. The van der Waals surface area contributed by atoms with Crippen molar-refractivity contribution in [2.45, 2.75) is 0 Å². The molecule has 0 aliphatic heterocycles. The Balaban J connectivity index is 1.50. The number of rotatable bonds is 5. The molecular weight excluding hydrogens is 425 g/mol. The van der Waals surface area contributed by atoms with Crippen LogP contribution in [0.5, 0.6) is 0 Å². The number of nitrogens with zero attached hydrogens (tertiary/aromatic N) is 2. The lowest BCUT2D eigenvalue weighted by Crippen LogP contribution is -2.07. The lowest BCUT2D eigenvalue weighted by molar-refractivity contribution is -0.384. The van der Waals surface area contributed by atoms with E-state index in [9.17, 15) is 19.3 Å². The first-order valence-electron chi connectivity index (χ1n) is 8.98. The second kappa shape index (κ2) is 8.37. The molecule has 3 aromatic carbocycles. The summed E-state index contributed by atoms with van der Waals surface area (Å²) in [7, 11) is 0. The smallest absolute Gasteiger partial charge is 0.288 e. The fourth-order valence-corrected chi connectivity index (χ4v) is 3.04. The minimum absolute atomic E-state index is 0.0209. The lowest BCUT2D eigenvalue weighted by Gasteiger charge is -2.01. The number of nitro groups is 1. The molecule has 154 valence electrons. The Morgan fingerprint density at radius 3 is 2.65 bits per heavy atom. The molecule has 0 saturated heterocycles. The summed E-state index contributed by atoms with van der Waals surface area (Å²) in [5, 5.41) is 13.7. The Bertz CT molecular complexity index is 1330. The Morgan fingerprint density at radius 1 is 1.13 bits per heavy atom. The number of oxazole rings is 1. The van der Waals surface area contributed by atoms with Gasteiger partial charge in [-0.15, -0.1) is 0 Å². The molecule has 0 aliphatic rings. The van der Waals surface area contributed by atoms with Gasteiger partial charge in [-0.3, -0.25) is 14.9 Å².